The highest BCUT2D eigenvalue weighted by Crippen LogP contribution is 2.07. The molecular weight excluding hydrogens is 226 g/mol. The van der Waals surface area contributed by atoms with Gasteiger partial charge in [-0.1, -0.05) is 6.92 Å². The Morgan fingerprint density at radius 1 is 1.35 bits per heavy atom. The zero-order valence-electron chi connectivity index (χ0n) is 10.4. The molecule has 0 saturated carbocycles. The highest BCUT2D eigenvalue weighted by molar-refractivity contribution is 5.76. The maximum atomic E-state index is 11.3. The van der Waals surface area contributed by atoms with E-state index < -0.39 is 18.0 Å². The first kappa shape index (κ1) is 15.9. The van der Waals surface area contributed by atoms with Gasteiger partial charge in [-0.05, 0) is 13.3 Å². The third kappa shape index (κ3) is 9.77. The van der Waals surface area contributed by atoms with E-state index in [-0.39, 0.29) is 18.9 Å². The molecule has 0 spiro atoms. The molecule has 6 nitrogen and oxygen atoms in total. The minimum Gasteiger partial charge on any atom is -0.481 e. The molecule has 17 heavy (non-hydrogen) atoms. The van der Waals surface area contributed by atoms with Crippen LogP contribution in [-0.2, 0) is 14.3 Å². The molecule has 0 radical (unpaired) electrons. The molecular formula is C11H21NO5. The van der Waals surface area contributed by atoms with Crippen molar-refractivity contribution in [2.75, 3.05) is 19.8 Å². The molecule has 0 bridgehead atoms. The largest absolute Gasteiger partial charge is 0.481 e. The lowest BCUT2D eigenvalue weighted by Crippen LogP contribution is -2.42. The van der Waals surface area contributed by atoms with Crippen molar-refractivity contribution >= 4 is 11.9 Å². The zero-order chi connectivity index (χ0) is 13.3. The second-order valence-corrected chi connectivity index (χ2v) is 4.21. The molecule has 1 amide bonds. The van der Waals surface area contributed by atoms with Crippen molar-refractivity contribution in [2.24, 2.45) is 0 Å². The summed E-state index contributed by atoms with van der Waals surface area (Å²) in [7, 11) is 0. The van der Waals surface area contributed by atoms with Crippen molar-refractivity contribution < 1.29 is 24.5 Å². The molecule has 0 aliphatic rings. The van der Waals surface area contributed by atoms with Crippen LogP contribution in [0.5, 0.6) is 0 Å². The molecule has 3 N–H and O–H groups in total. The summed E-state index contributed by atoms with van der Waals surface area (Å²) >= 11 is 0. The van der Waals surface area contributed by atoms with Gasteiger partial charge in [0.2, 0.25) is 5.91 Å². The normalized spacial score (nSPS) is 14.1. The van der Waals surface area contributed by atoms with Crippen LogP contribution in [0, 0.1) is 0 Å². The molecule has 0 heterocycles. The number of carboxylic acids is 1. The van der Waals surface area contributed by atoms with Crippen molar-refractivity contribution in [1.82, 2.24) is 5.32 Å². The molecule has 1 unspecified atom stereocenters. The van der Waals surface area contributed by atoms with E-state index in [0.717, 1.165) is 6.42 Å². The van der Waals surface area contributed by atoms with Gasteiger partial charge < -0.3 is 20.3 Å². The molecule has 6 heteroatoms. The first-order chi connectivity index (χ1) is 7.87. The highest BCUT2D eigenvalue weighted by atomic mass is 16.5. The highest BCUT2D eigenvalue weighted by Gasteiger charge is 2.24. The molecule has 0 aliphatic heterocycles. The van der Waals surface area contributed by atoms with E-state index in [4.69, 9.17) is 9.84 Å². The van der Waals surface area contributed by atoms with Crippen LogP contribution in [0.25, 0.3) is 0 Å². The number of hydrogen-bond donors (Lipinski definition) is 3. The number of hydrogen-bond acceptors (Lipinski definition) is 4. The smallest absolute Gasteiger partial charge is 0.306 e. The van der Waals surface area contributed by atoms with Crippen molar-refractivity contribution in [3.8, 4) is 0 Å². The fourth-order valence-electron chi connectivity index (χ4n) is 1.18. The molecule has 100 valence electrons. The summed E-state index contributed by atoms with van der Waals surface area (Å²) in [5, 5.41) is 20.6. The van der Waals surface area contributed by atoms with Gasteiger partial charge in [0, 0.05) is 19.6 Å². The van der Waals surface area contributed by atoms with Gasteiger partial charge in [-0.3, -0.25) is 9.59 Å². The van der Waals surface area contributed by atoms with Gasteiger partial charge in [0.1, 0.15) is 0 Å². The van der Waals surface area contributed by atoms with Gasteiger partial charge >= 0.3 is 5.97 Å². The predicted molar refractivity (Wildman–Crippen MR) is 61.6 cm³/mol. The number of aliphatic hydroxyl groups is 1. The zero-order valence-corrected chi connectivity index (χ0v) is 10.4. The number of carbonyl (C=O) groups excluding carboxylic acids is 1. The van der Waals surface area contributed by atoms with Crippen LogP contribution in [0.3, 0.4) is 0 Å². The summed E-state index contributed by atoms with van der Waals surface area (Å²) in [6.07, 6.45) is 0.706. The maximum Gasteiger partial charge on any atom is 0.306 e. The lowest BCUT2D eigenvalue weighted by Gasteiger charge is -2.21. The summed E-state index contributed by atoms with van der Waals surface area (Å²) in [6, 6.07) is 0. The molecule has 0 aromatic heterocycles. The fourth-order valence-corrected chi connectivity index (χ4v) is 1.18. The summed E-state index contributed by atoms with van der Waals surface area (Å²) in [6.45, 7) is 4.22. The Hall–Kier alpha value is -1.14. The summed E-state index contributed by atoms with van der Waals surface area (Å²) in [5.74, 6) is -1.36. The van der Waals surface area contributed by atoms with Gasteiger partial charge in [-0.15, -0.1) is 0 Å². The minimum atomic E-state index is -1.42. The number of rotatable bonds is 9. The third-order valence-corrected chi connectivity index (χ3v) is 2.02. The quantitative estimate of drug-likeness (QED) is 0.504. The van der Waals surface area contributed by atoms with Crippen LogP contribution in [-0.4, -0.2) is 47.4 Å². The van der Waals surface area contributed by atoms with E-state index in [2.05, 4.69) is 5.32 Å². The standard InChI is InChI=1S/C11H21NO5/c1-3-5-17-6-4-9(13)12-8-11(2,16)7-10(14)15/h16H,3-8H2,1-2H3,(H,12,13)(H,14,15). The Morgan fingerprint density at radius 2 is 2.00 bits per heavy atom. The van der Waals surface area contributed by atoms with Crippen LogP contribution in [0.1, 0.15) is 33.1 Å². The Labute approximate surface area is 101 Å². The molecule has 0 aromatic rings. The SMILES string of the molecule is CCCOCCC(=O)NCC(C)(O)CC(=O)O. The van der Waals surface area contributed by atoms with E-state index in [9.17, 15) is 14.7 Å². The Balaban J connectivity index is 3.71. The summed E-state index contributed by atoms with van der Waals surface area (Å²) in [5.41, 5.74) is -1.42. The van der Waals surface area contributed by atoms with Crippen molar-refractivity contribution in [3.63, 3.8) is 0 Å². The van der Waals surface area contributed by atoms with Crippen LogP contribution >= 0.6 is 0 Å². The lowest BCUT2D eigenvalue weighted by molar-refractivity contribution is -0.142. The second kappa shape index (κ2) is 8.03. The lowest BCUT2D eigenvalue weighted by atomic mass is 10.0. The summed E-state index contributed by atoms with van der Waals surface area (Å²) in [4.78, 5) is 21.7. The van der Waals surface area contributed by atoms with Gasteiger partial charge in [-0.25, -0.2) is 0 Å². The van der Waals surface area contributed by atoms with Crippen LogP contribution in [0.2, 0.25) is 0 Å². The first-order valence-corrected chi connectivity index (χ1v) is 5.66. The number of aliphatic carboxylic acids is 1. The molecule has 0 rings (SSSR count). The Kier molecular flexibility index (Phi) is 7.49. The van der Waals surface area contributed by atoms with Crippen LogP contribution in [0.15, 0.2) is 0 Å². The molecule has 1 atom stereocenters. The van der Waals surface area contributed by atoms with Gasteiger partial charge in [0.15, 0.2) is 0 Å². The maximum absolute atomic E-state index is 11.3. The van der Waals surface area contributed by atoms with Gasteiger partial charge in [0.25, 0.3) is 0 Å². The van der Waals surface area contributed by atoms with Crippen LogP contribution < -0.4 is 5.32 Å². The van der Waals surface area contributed by atoms with E-state index in [1.165, 1.54) is 6.92 Å². The van der Waals surface area contributed by atoms with Gasteiger partial charge in [0.05, 0.1) is 18.6 Å². The number of carboxylic acid groups (broad SMARTS) is 1. The average Bonchev–Trinajstić information content (AvgIpc) is 2.20. The Bertz CT molecular complexity index is 252. The van der Waals surface area contributed by atoms with E-state index in [1.807, 2.05) is 6.92 Å². The molecule has 0 fully saturated rings. The first-order valence-electron chi connectivity index (χ1n) is 5.66. The van der Waals surface area contributed by atoms with Crippen molar-refractivity contribution in [3.05, 3.63) is 0 Å². The van der Waals surface area contributed by atoms with E-state index in [0.29, 0.717) is 13.2 Å². The average molecular weight is 247 g/mol. The van der Waals surface area contributed by atoms with Crippen molar-refractivity contribution in [2.45, 2.75) is 38.7 Å². The fraction of sp³-hybridized carbons (Fsp3) is 0.818. The van der Waals surface area contributed by atoms with E-state index >= 15 is 0 Å². The topological polar surface area (TPSA) is 95.9 Å². The van der Waals surface area contributed by atoms with E-state index in [1.54, 1.807) is 0 Å². The summed E-state index contributed by atoms with van der Waals surface area (Å²) < 4.78 is 5.13. The second-order valence-electron chi connectivity index (χ2n) is 4.21. The molecule has 0 aliphatic carbocycles. The number of carbonyl (C=O) groups is 2. The van der Waals surface area contributed by atoms with Crippen molar-refractivity contribution in [1.29, 1.82) is 0 Å². The van der Waals surface area contributed by atoms with Gasteiger partial charge in [-0.2, -0.15) is 0 Å². The third-order valence-electron chi connectivity index (χ3n) is 2.02. The Morgan fingerprint density at radius 3 is 2.53 bits per heavy atom. The van der Waals surface area contributed by atoms with Crippen LogP contribution in [0.4, 0.5) is 0 Å². The molecule has 0 aromatic carbocycles. The predicted octanol–water partition coefficient (Wildman–Crippen LogP) is 0.145. The number of nitrogens with one attached hydrogen (secondary N) is 1. The molecule has 0 saturated heterocycles. The minimum absolute atomic E-state index is 0.0775. The number of ether oxygens (including phenoxy) is 1. The monoisotopic (exact) mass is 247 g/mol. The number of amides is 1.